The third-order valence-electron chi connectivity index (χ3n) is 7.39. The number of nitrogens with one attached hydrogen (secondary N) is 2. The molecular weight excluding hydrogens is 478 g/mol. The van der Waals surface area contributed by atoms with Gasteiger partial charge in [0.25, 0.3) is 0 Å². The van der Waals surface area contributed by atoms with Gasteiger partial charge in [0.1, 0.15) is 11.6 Å². The Labute approximate surface area is 225 Å². The molecule has 0 spiro atoms. The number of anilines is 4. The van der Waals surface area contributed by atoms with Gasteiger partial charge >= 0.3 is 0 Å². The van der Waals surface area contributed by atoms with Gasteiger partial charge in [-0.05, 0) is 63.0 Å². The van der Waals surface area contributed by atoms with Gasteiger partial charge in [-0.3, -0.25) is 0 Å². The Bertz CT molecular complexity index is 1170. The zero-order valence-electron chi connectivity index (χ0n) is 21.8. The number of aromatic nitrogens is 2. The monoisotopic (exact) mass is 515 g/mol. The van der Waals surface area contributed by atoms with Crippen LogP contribution in [0.3, 0.4) is 0 Å². The van der Waals surface area contributed by atoms with Gasteiger partial charge in [-0.2, -0.15) is 9.97 Å². The fraction of sp³-hybridized carbons (Fsp3) is 0.414. The standard InChI is InChI=1S/C29H37N7S/c1-22-11-9-10-16-36(22)27-21-26(35-19-17-34(18-20-35)25-14-7-4-8-15-25)31-28(32-27)33-29(37)30-23(2)24-12-5-3-6-13-24/h3-8,12-15,21-23H,9-11,16-20H2,1-2H3,(H2,30,31,32,33,37)/t22-,23+/m0/s1. The summed E-state index contributed by atoms with van der Waals surface area (Å²) in [5.74, 6) is 2.48. The Morgan fingerprint density at radius 1 is 0.865 bits per heavy atom. The van der Waals surface area contributed by atoms with E-state index in [-0.39, 0.29) is 6.04 Å². The quantitative estimate of drug-likeness (QED) is 0.433. The van der Waals surface area contributed by atoms with Crippen LogP contribution in [0, 0.1) is 0 Å². The summed E-state index contributed by atoms with van der Waals surface area (Å²) in [6.07, 6.45) is 3.65. The van der Waals surface area contributed by atoms with Crippen LogP contribution in [0.4, 0.5) is 23.3 Å². The molecule has 2 aliphatic rings. The number of thiocarbonyl (C=S) groups is 1. The van der Waals surface area contributed by atoms with E-state index in [1.165, 1.54) is 30.5 Å². The average Bonchev–Trinajstić information content (AvgIpc) is 2.94. The lowest BCUT2D eigenvalue weighted by Gasteiger charge is -2.38. The van der Waals surface area contributed by atoms with Crippen LogP contribution in [0.2, 0.25) is 0 Å². The maximum Gasteiger partial charge on any atom is 0.232 e. The van der Waals surface area contributed by atoms with Crippen molar-refractivity contribution in [2.24, 2.45) is 0 Å². The predicted octanol–water partition coefficient (Wildman–Crippen LogP) is 5.23. The van der Waals surface area contributed by atoms with Gasteiger partial charge in [0, 0.05) is 50.5 Å². The highest BCUT2D eigenvalue weighted by molar-refractivity contribution is 7.80. The predicted molar refractivity (Wildman–Crippen MR) is 158 cm³/mol. The lowest BCUT2D eigenvalue weighted by molar-refractivity contribution is 0.481. The molecule has 194 valence electrons. The lowest BCUT2D eigenvalue weighted by Crippen LogP contribution is -2.47. The van der Waals surface area contributed by atoms with Crippen molar-refractivity contribution in [3.05, 3.63) is 72.3 Å². The fourth-order valence-corrected chi connectivity index (χ4v) is 5.49. The first-order chi connectivity index (χ1) is 18.1. The van der Waals surface area contributed by atoms with Gasteiger partial charge in [0.15, 0.2) is 5.11 Å². The van der Waals surface area contributed by atoms with Crippen molar-refractivity contribution in [2.45, 2.75) is 45.2 Å². The number of nitrogens with zero attached hydrogens (tertiary/aromatic N) is 5. The van der Waals surface area contributed by atoms with Crippen molar-refractivity contribution >= 4 is 40.6 Å². The first-order valence-corrected chi connectivity index (χ1v) is 13.8. The summed E-state index contributed by atoms with van der Waals surface area (Å²) in [5.41, 5.74) is 2.46. The molecule has 2 fully saturated rings. The first-order valence-electron chi connectivity index (χ1n) is 13.4. The van der Waals surface area contributed by atoms with Crippen molar-refractivity contribution in [1.29, 1.82) is 0 Å². The normalized spacial score (nSPS) is 18.9. The first kappa shape index (κ1) is 25.3. The SMILES string of the molecule is C[C@@H](NC(=S)Nc1nc(N2CCN(c3ccccc3)CC2)cc(N2CCCC[C@@H]2C)n1)c1ccccc1. The Morgan fingerprint density at radius 2 is 1.51 bits per heavy atom. The largest absolute Gasteiger partial charge is 0.368 e. The van der Waals surface area contributed by atoms with Gasteiger partial charge in [0.2, 0.25) is 5.95 Å². The zero-order chi connectivity index (χ0) is 25.6. The number of hydrogen-bond acceptors (Lipinski definition) is 6. The minimum atomic E-state index is 0.0806. The fourth-order valence-electron chi connectivity index (χ4n) is 5.22. The average molecular weight is 516 g/mol. The van der Waals surface area contributed by atoms with E-state index in [9.17, 15) is 0 Å². The van der Waals surface area contributed by atoms with E-state index >= 15 is 0 Å². The summed E-state index contributed by atoms with van der Waals surface area (Å²) in [6, 6.07) is 23.6. The minimum Gasteiger partial charge on any atom is -0.368 e. The van der Waals surface area contributed by atoms with Crippen LogP contribution in [0.1, 0.15) is 44.7 Å². The third-order valence-corrected chi connectivity index (χ3v) is 7.61. The van der Waals surface area contributed by atoms with Crippen molar-refractivity contribution in [1.82, 2.24) is 15.3 Å². The molecular formula is C29H37N7S. The topological polar surface area (TPSA) is 59.6 Å². The second kappa shape index (κ2) is 11.8. The van der Waals surface area contributed by atoms with Crippen LogP contribution >= 0.6 is 12.2 Å². The Balaban J connectivity index is 1.33. The molecule has 0 aliphatic carbocycles. The summed E-state index contributed by atoms with van der Waals surface area (Å²) >= 11 is 5.67. The van der Waals surface area contributed by atoms with Crippen LogP contribution in [-0.2, 0) is 0 Å². The van der Waals surface area contributed by atoms with E-state index < -0.39 is 0 Å². The Morgan fingerprint density at radius 3 is 2.22 bits per heavy atom. The molecule has 2 atom stereocenters. The van der Waals surface area contributed by atoms with Crippen molar-refractivity contribution in [3.8, 4) is 0 Å². The highest BCUT2D eigenvalue weighted by Gasteiger charge is 2.24. The number of para-hydroxylation sites is 1. The van der Waals surface area contributed by atoms with E-state index in [4.69, 9.17) is 22.2 Å². The highest BCUT2D eigenvalue weighted by atomic mass is 32.1. The molecule has 2 aromatic carbocycles. The molecule has 5 rings (SSSR count). The van der Waals surface area contributed by atoms with Crippen LogP contribution in [0.5, 0.6) is 0 Å². The number of piperazine rings is 1. The highest BCUT2D eigenvalue weighted by Crippen LogP contribution is 2.28. The minimum absolute atomic E-state index is 0.0806. The van der Waals surface area contributed by atoms with E-state index in [1.54, 1.807) is 0 Å². The molecule has 3 heterocycles. The van der Waals surface area contributed by atoms with Crippen molar-refractivity contribution in [2.75, 3.05) is 52.7 Å². The van der Waals surface area contributed by atoms with Crippen LogP contribution in [-0.4, -0.2) is 53.8 Å². The number of rotatable bonds is 6. The van der Waals surface area contributed by atoms with Gasteiger partial charge < -0.3 is 25.3 Å². The molecule has 8 heteroatoms. The maximum absolute atomic E-state index is 5.67. The van der Waals surface area contributed by atoms with E-state index in [2.05, 4.69) is 87.7 Å². The van der Waals surface area contributed by atoms with Gasteiger partial charge in [-0.15, -0.1) is 0 Å². The van der Waals surface area contributed by atoms with Gasteiger partial charge in [0.05, 0.1) is 6.04 Å². The second-order valence-corrected chi connectivity index (χ2v) is 10.4. The smallest absolute Gasteiger partial charge is 0.232 e. The summed E-state index contributed by atoms with van der Waals surface area (Å²) < 4.78 is 0. The molecule has 7 nitrogen and oxygen atoms in total. The molecule has 37 heavy (non-hydrogen) atoms. The van der Waals surface area contributed by atoms with Crippen LogP contribution in [0.25, 0.3) is 0 Å². The van der Waals surface area contributed by atoms with Crippen molar-refractivity contribution in [3.63, 3.8) is 0 Å². The van der Waals surface area contributed by atoms with Crippen molar-refractivity contribution < 1.29 is 0 Å². The van der Waals surface area contributed by atoms with E-state index in [0.29, 0.717) is 17.1 Å². The molecule has 0 unspecified atom stereocenters. The maximum atomic E-state index is 5.67. The molecule has 1 aromatic heterocycles. The molecule has 0 bridgehead atoms. The van der Waals surface area contributed by atoms with Crippen LogP contribution < -0.4 is 25.3 Å². The van der Waals surface area contributed by atoms with Crippen LogP contribution in [0.15, 0.2) is 66.7 Å². The summed E-state index contributed by atoms with van der Waals surface area (Å²) in [4.78, 5) is 17.1. The van der Waals surface area contributed by atoms with E-state index in [0.717, 1.165) is 44.4 Å². The molecule has 0 amide bonds. The van der Waals surface area contributed by atoms with Gasteiger partial charge in [-0.25, -0.2) is 0 Å². The van der Waals surface area contributed by atoms with Gasteiger partial charge in [-0.1, -0.05) is 48.5 Å². The number of hydrogen-bond donors (Lipinski definition) is 2. The summed E-state index contributed by atoms with van der Waals surface area (Å²) in [5, 5.41) is 7.20. The number of benzene rings is 2. The zero-order valence-corrected chi connectivity index (χ0v) is 22.6. The molecule has 2 N–H and O–H groups in total. The Kier molecular flexibility index (Phi) is 8.04. The molecule has 2 saturated heterocycles. The number of piperidine rings is 1. The molecule has 0 radical (unpaired) electrons. The third kappa shape index (κ3) is 6.31. The Hall–Kier alpha value is -3.39. The lowest BCUT2D eigenvalue weighted by atomic mass is 10.0. The summed E-state index contributed by atoms with van der Waals surface area (Å²) in [6.45, 7) is 9.16. The molecule has 2 aliphatic heterocycles. The van der Waals surface area contributed by atoms with E-state index in [1.807, 2.05) is 18.2 Å². The molecule has 0 saturated carbocycles. The molecule has 3 aromatic rings. The second-order valence-electron chi connectivity index (χ2n) is 9.99. The summed E-state index contributed by atoms with van der Waals surface area (Å²) in [7, 11) is 0.